The number of aryl methyl sites for hydroxylation is 1. The number of nitrogens with zero attached hydrogens (tertiary/aromatic N) is 3. The molecule has 23 heavy (non-hydrogen) atoms. The minimum absolute atomic E-state index is 0.0952. The third kappa shape index (κ3) is 3.23. The number of carbonyl (C=O) groups is 1. The summed E-state index contributed by atoms with van der Waals surface area (Å²) in [5, 5.41) is 17.4. The monoisotopic (exact) mass is 334 g/mol. The van der Waals surface area contributed by atoms with Gasteiger partial charge >= 0.3 is 0 Å². The molecule has 1 aliphatic rings. The summed E-state index contributed by atoms with van der Waals surface area (Å²) < 4.78 is 1.60. The summed E-state index contributed by atoms with van der Waals surface area (Å²) in [4.78, 5) is 16.7. The molecule has 6 nitrogen and oxygen atoms in total. The van der Waals surface area contributed by atoms with E-state index in [4.69, 9.17) is 11.6 Å². The first-order chi connectivity index (χ1) is 10.9. The Morgan fingerprint density at radius 1 is 1.43 bits per heavy atom. The minimum atomic E-state index is -0.614. The van der Waals surface area contributed by atoms with Gasteiger partial charge in [0.1, 0.15) is 5.82 Å². The van der Waals surface area contributed by atoms with Gasteiger partial charge in [-0.3, -0.25) is 4.79 Å². The van der Waals surface area contributed by atoms with Gasteiger partial charge in [-0.25, -0.2) is 9.67 Å². The number of hydrogen-bond acceptors (Lipinski definition) is 4. The van der Waals surface area contributed by atoms with Gasteiger partial charge in [-0.05, 0) is 56.9 Å². The molecule has 1 unspecified atom stereocenters. The SMILES string of the molecule is Cc1nc(C(=O)NC(C)(CO)C2CC2)nn1-c1ccc(Cl)cc1. The van der Waals surface area contributed by atoms with Crippen molar-refractivity contribution in [2.75, 3.05) is 6.61 Å². The standard InChI is InChI=1S/C16H19ClN4O2/c1-10-18-14(15(23)19-16(2,9-22)11-3-4-11)20-21(10)13-7-5-12(17)6-8-13/h5-8,11,22H,3-4,9H2,1-2H3,(H,19,23). The Hall–Kier alpha value is -1.92. The lowest BCUT2D eigenvalue weighted by molar-refractivity contribution is 0.0814. The maximum atomic E-state index is 12.4. The van der Waals surface area contributed by atoms with Crippen molar-refractivity contribution in [2.45, 2.75) is 32.2 Å². The van der Waals surface area contributed by atoms with Crippen LogP contribution in [0.5, 0.6) is 0 Å². The van der Waals surface area contributed by atoms with E-state index in [1.165, 1.54) is 0 Å². The number of amides is 1. The Bertz CT molecular complexity index is 724. The van der Waals surface area contributed by atoms with Gasteiger partial charge in [0.05, 0.1) is 17.8 Å². The van der Waals surface area contributed by atoms with Gasteiger partial charge in [-0.2, -0.15) is 0 Å². The van der Waals surface area contributed by atoms with Gasteiger partial charge in [0.15, 0.2) is 0 Å². The Morgan fingerprint density at radius 3 is 2.65 bits per heavy atom. The number of benzene rings is 1. The fraction of sp³-hybridized carbons (Fsp3) is 0.438. The number of carbonyl (C=O) groups excluding carboxylic acids is 1. The molecule has 0 radical (unpaired) electrons. The third-order valence-electron chi connectivity index (χ3n) is 4.25. The summed E-state index contributed by atoms with van der Waals surface area (Å²) in [6, 6.07) is 7.14. The number of rotatable bonds is 5. The van der Waals surface area contributed by atoms with Crippen LogP contribution in [0.15, 0.2) is 24.3 Å². The zero-order chi connectivity index (χ0) is 16.6. The van der Waals surface area contributed by atoms with Crippen LogP contribution in [0, 0.1) is 12.8 Å². The predicted molar refractivity (Wildman–Crippen MR) is 86.8 cm³/mol. The Kier molecular flexibility index (Phi) is 4.12. The highest BCUT2D eigenvalue weighted by molar-refractivity contribution is 6.30. The van der Waals surface area contributed by atoms with Crippen LogP contribution in [0.2, 0.25) is 5.02 Å². The van der Waals surface area contributed by atoms with Crippen molar-refractivity contribution < 1.29 is 9.90 Å². The third-order valence-corrected chi connectivity index (χ3v) is 4.50. The van der Waals surface area contributed by atoms with Crippen LogP contribution in [0.25, 0.3) is 5.69 Å². The van der Waals surface area contributed by atoms with Crippen LogP contribution in [0.1, 0.15) is 36.2 Å². The summed E-state index contributed by atoms with van der Waals surface area (Å²) in [6.45, 7) is 3.54. The average Bonchev–Trinajstić information content (AvgIpc) is 3.32. The van der Waals surface area contributed by atoms with Crippen molar-refractivity contribution in [3.05, 3.63) is 40.9 Å². The molecular weight excluding hydrogens is 316 g/mol. The van der Waals surface area contributed by atoms with Gasteiger partial charge < -0.3 is 10.4 Å². The summed E-state index contributed by atoms with van der Waals surface area (Å²) >= 11 is 5.89. The second-order valence-electron chi connectivity index (χ2n) is 6.17. The Balaban J connectivity index is 1.82. The molecule has 0 spiro atoms. The van der Waals surface area contributed by atoms with Gasteiger partial charge in [0.2, 0.25) is 5.82 Å². The van der Waals surface area contributed by atoms with E-state index >= 15 is 0 Å². The topological polar surface area (TPSA) is 80.0 Å². The normalized spacial score (nSPS) is 16.9. The van der Waals surface area contributed by atoms with Crippen LogP contribution in [-0.2, 0) is 0 Å². The van der Waals surface area contributed by atoms with E-state index in [1.54, 1.807) is 23.7 Å². The first-order valence-electron chi connectivity index (χ1n) is 7.56. The summed E-state index contributed by atoms with van der Waals surface area (Å²) in [6.07, 6.45) is 2.03. The van der Waals surface area contributed by atoms with Crippen LogP contribution in [0.4, 0.5) is 0 Å². The molecule has 0 aliphatic heterocycles. The second-order valence-corrected chi connectivity index (χ2v) is 6.61. The average molecular weight is 335 g/mol. The summed E-state index contributed by atoms with van der Waals surface area (Å²) in [7, 11) is 0. The van der Waals surface area contributed by atoms with E-state index in [1.807, 2.05) is 19.1 Å². The van der Waals surface area contributed by atoms with E-state index in [2.05, 4.69) is 15.4 Å². The maximum Gasteiger partial charge on any atom is 0.291 e. The number of nitrogens with one attached hydrogen (secondary N) is 1. The Labute approximate surface area is 139 Å². The highest BCUT2D eigenvalue weighted by Crippen LogP contribution is 2.39. The molecule has 122 valence electrons. The smallest absolute Gasteiger partial charge is 0.291 e. The molecule has 1 aromatic carbocycles. The van der Waals surface area contributed by atoms with Crippen molar-refractivity contribution >= 4 is 17.5 Å². The molecule has 1 saturated carbocycles. The van der Waals surface area contributed by atoms with E-state index < -0.39 is 5.54 Å². The number of aliphatic hydroxyl groups excluding tert-OH is 1. The quantitative estimate of drug-likeness (QED) is 0.877. The lowest BCUT2D eigenvalue weighted by atomic mass is 9.97. The minimum Gasteiger partial charge on any atom is -0.394 e. The van der Waals surface area contributed by atoms with Crippen molar-refractivity contribution in [3.8, 4) is 5.69 Å². The van der Waals surface area contributed by atoms with Crippen molar-refractivity contribution in [1.82, 2.24) is 20.1 Å². The second kappa shape index (κ2) is 5.94. The zero-order valence-corrected chi connectivity index (χ0v) is 13.8. The highest BCUT2D eigenvalue weighted by Gasteiger charge is 2.42. The van der Waals surface area contributed by atoms with Crippen LogP contribution in [0.3, 0.4) is 0 Å². The van der Waals surface area contributed by atoms with Crippen LogP contribution >= 0.6 is 11.6 Å². The molecule has 2 aromatic rings. The van der Waals surface area contributed by atoms with Gasteiger partial charge in [-0.15, -0.1) is 5.10 Å². The van der Waals surface area contributed by atoms with E-state index in [0.717, 1.165) is 18.5 Å². The van der Waals surface area contributed by atoms with E-state index in [9.17, 15) is 9.90 Å². The lowest BCUT2D eigenvalue weighted by Crippen LogP contribution is -2.51. The molecule has 1 aromatic heterocycles. The molecule has 3 rings (SSSR count). The highest BCUT2D eigenvalue weighted by atomic mass is 35.5. The first kappa shape index (κ1) is 16.0. The lowest BCUT2D eigenvalue weighted by Gasteiger charge is -2.28. The first-order valence-corrected chi connectivity index (χ1v) is 7.94. The number of halogens is 1. The number of hydrogen-bond donors (Lipinski definition) is 2. The zero-order valence-electron chi connectivity index (χ0n) is 13.1. The van der Waals surface area contributed by atoms with Gasteiger partial charge in [-0.1, -0.05) is 11.6 Å². The molecule has 2 N–H and O–H groups in total. The number of aliphatic hydroxyl groups is 1. The summed E-state index contributed by atoms with van der Waals surface area (Å²) in [5.41, 5.74) is 0.169. The maximum absolute atomic E-state index is 12.4. The molecule has 0 saturated heterocycles. The van der Waals surface area contributed by atoms with Gasteiger partial charge in [0.25, 0.3) is 5.91 Å². The molecule has 1 fully saturated rings. The fourth-order valence-electron chi connectivity index (χ4n) is 2.62. The summed E-state index contributed by atoms with van der Waals surface area (Å²) in [5.74, 6) is 0.646. The molecule has 0 bridgehead atoms. The van der Waals surface area contributed by atoms with E-state index in [0.29, 0.717) is 16.8 Å². The van der Waals surface area contributed by atoms with Crippen molar-refractivity contribution in [1.29, 1.82) is 0 Å². The fourth-order valence-corrected chi connectivity index (χ4v) is 2.75. The van der Waals surface area contributed by atoms with Crippen LogP contribution in [-0.4, -0.2) is 37.9 Å². The Morgan fingerprint density at radius 2 is 2.09 bits per heavy atom. The number of aromatic nitrogens is 3. The molecule has 7 heteroatoms. The molecule has 1 aliphatic carbocycles. The van der Waals surface area contributed by atoms with E-state index in [-0.39, 0.29) is 18.3 Å². The predicted octanol–water partition coefficient (Wildman–Crippen LogP) is 2.12. The molecule has 1 atom stereocenters. The molecule has 1 heterocycles. The van der Waals surface area contributed by atoms with Crippen molar-refractivity contribution in [3.63, 3.8) is 0 Å². The molecular formula is C16H19ClN4O2. The van der Waals surface area contributed by atoms with Crippen LogP contribution < -0.4 is 5.32 Å². The molecule has 1 amide bonds. The van der Waals surface area contributed by atoms with Crippen molar-refractivity contribution in [2.24, 2.45) is 5.92 Å². The largest absolute Gasteiger partial charge is 0.394 e. The van der Waals surface area contributed by atoms with Gasteiger partial charge in [0, 0.05) is 5.02 Å².